The highest BCUT2D eigenvalue weighted by molar-refractivity contribution is 6.03. The molecular formula is C52H58N4O11. The number of hydrogen-bond acceptors (Lipinski definition) is 12. The van der Waals surface area contributed by atoms with Crippen LogP contribution in [-0.4, -0.2) is 75.3 Å². The Hall–Kier alpha value is -6.68. The monoisotopic (exact) mass is 914 g/mol. The quantitative estimate of drug-likeness (QED) is 0.0265. The topological polar surface area (TPSA) is 196 Å². The van der Waals surface area contributed by atoms with E-state index >= 15 is 0 Å². The number of aryl methyl sites for hydroxylation is 2. The molecule has 352 valence electrons. The van der Waals surface area contributed by atoms with Crippen LogP contribution in [0.15, 0.2) is 120 Å². The molecule has 3 aliphatic rings. The van der Waals surface area contributed by atoms with Crippen LogP contribution in [0.2, 0.25) is 0 Å². The zero-order chi connectivity index (χ0) is 47.7. The van der Waals surface area contributed by atoms with Crippen LogP contribution in [0.3, 0.4) is 0 Å². The van der Waals surface area contributed by atoms with Gasteiger partial charge in [0.05, 0.1) is 28.1 Å². The molecule has 0 aromatic heterocycles. The predicted octanol–water partition coefficient (Wildman–Crippen LogP) is 9.92. The predicted molar refractivity (Wildman–Crippen MR) is 254 cm³/mol. The Balaban J connectivity index is 1.38. The summed E-state index contributed by atoms with van der Waals surface area (Å²) in [5, 5.41) is 47.4. The third-order valence-electron chi connectivity index (χ3n) is 13.2. The van der Waals surface area contributed by atoms with E-state index in [0.29, 0.717) is 46.9 Å². The maximum Gasteiger partial charge on any atom is 0.269 e. The van der Waals surface area contributed by atoms with Crippen LogP contribution in [0, 0.1) is 51.8 Å². The third kappa shape index (κ3) is 10.8. The number of allylic oxidation sites excluding steroid dienone is 1. The van der Waals surface area contributed by atoms with Crippen molar-refractivity contribution in [1.29, 1.82) is 0 Å². The first-order valence-corrected chi connectivity index (χ1v) is 22.8. The van der Waals surface area contributed by atoms with E-state index in [0.717, 1.165) is 47.9 Å². The molecule has 4 aromatic carbocycles. The number of ether oxygens (including phenoxy) is 3. The number of non-ortho nitro benzene ring substituents is 2. The number of benzene rings is 4. The molecule has 2 aliphatic carbocycles. The maximum atomic E-state index is 14.5. The first-order valence-electron chi connectivity index (χ1n) is 22.8. The van der Waals surface area contributed by atoms with Crippen molar-refractivity contribution in [2.24, 2.45) is 22.9 Å². The van der Waals surface area contributed by atoms with Gasteiger partial charge >= 0.3 is 0 Å². The van der Waals surface area contributed by atoms with Crippen LogP contribution >= 0.6 is 0 Å². The van der Waals surface area contributed by atoms with Gasteiger partial charge in [-0.25, -0.2) is 0 Å². The van der Waals surface area contributed by atoms with Crippen LogP contribution in [0.25, 0.3) is 6.08 Å². The Labute approximate surface area is 390 Å². The van der Waals surface area contributed by atoms with Crippen LogP contribution in [0.1, 0.15) is 78.7 Å². The number of aliphatic hydroxyl groups excluding tert-OH is 2. The number of likely N-dealkylation sites (N-methyl/N-ethyl adjacent to an activating group) is 1. The van der Waals surface area contributed by atoms with Crippen molar-refractivity contribution in [2.45, 2.75) is 83.1 Å². The molecule has 1 heterocycles. The molecule has 7 rings (SSSR count). The number of hydrogen-bond donors (Lipinski definition) is 2. The summed E-state index contributed by atoms with van der Waals surface area (Å²) in [5.74, 6) is -0.898. The summed E-state index contributed by atoms with van der Waals surface area (Å²) in [6, 6.07) is 22.9. The molecule has 0 radical (unpaired) electrons. The van der Waals surface area contributed by atoms with Gasteiger partial charge in [-0.3, -0.25) is 25.0 Å². The van der Waals surface area contributed by atoms with Gasteiger partial charge in [-0.05, 0) is 140 Å². The molecule has 15 nitrogen and oxygen atoms in total. The van der Waals surface area contributed by atoms with Gasteiger partial charge < -0.3 is 34.2 Å². The number of fused-ring (bicyclic) bond motifs is 2. The zero-order valence-corrected chi connectivity index (χ0v) is 38.1. The van der Waals surface area contributed by atoms with Crippen LogP contribution in [0.5, 0.6) is 17.2 Å². The summed E-state index contributed by atoms with van der Waals surface area (Å²) < 4.78 is 20.8. The first kappa shape index (κ1) is 48.3. The molecule has 6 unspecified atom stereocenters. The number of rotatable bonds is 21. The molecule has 15 heteroatoms. The molecule has 0 bridgehead atoms. The molecule has 67 heavy (non-hydrogen) atoms. The second-order valence-corrected chi connectivity index (χ2v) is 17.4. The molecule has 1 amide bonds. The zero-order valence-electron chi connectivity index (χ0n) is 38.1. The number of nitrogens with zero attached hydrogens (tertiary/aromatic N) is 4. The number of nitro benzene ring substituents is 2. The van der Waals surface area contributed by atoms with Crippen molar-refractivity contribution >= 4 is 29.1 Å². The van der Waals surface area contributed by atoms with Gasteiger partial charge in [-0.2, -0.15) is 0 Å². The summed E-state index contributed by atoms with van der Waals surface area (Å²) in [7, 11) is 1.68. The summed E-state index contributed by atoms with van der Waals surface area (Å²) >= 11 is 0. The lowest BCUT2D eigenvalue weighted by Crippen LogP contribution is -2.69. The highest BCUT2D eigenvalue weighted by Crippen LogP contribution is 2.62. The van der Waals surface area contributed by atoms with Crippen molar-refractivity contribution in [3.63, 3.8) is 0 Å². The number of amides is 1. The Morgan fingerprint density at radius 3 is 2.21 bits per heavy atom. The summed E-state index contributed by atoms with van der Waals surface area (Å²) in [6.45, 7) is 8.28. The lowest BCUT2D eigenvalue weighted by atomic mass is 9.55. The van der Waals surface area contributed by atoms with E-state index in [2.05, 4.69) is 12.7 Å². The Morgan fingerprint density at radius 1 is 0.896 bits per heavy atom. The Morgan fingerprint density at radius 2 is 1.55 bits per heavy atom. The molecular weight excluding hydrogens is 857 g/mol. The molecule has 4 aromatic rings. The standard InChI is InChI=1S/C52H58N4O11/c1-5-28-64-52-48(54(4)49(59)25-17-36-13-18-39(19-14-36)55(60)61)32-46(53-65-33-37-15-20-40(21-16-37)56(62)63)44-30-38(10-6-8-26-57)43(11-7-9-27-58)50(51(44)52)45-31-42(23-24-47(45)67-52)66-41-22-12-34(2)35(3)29-41/h5,12-25,29-31,38,43,48,50-51,57-58H,1,6-11,26-28,32-33H2,2-4H3. The summed E-state index contributed by atoms with van der Waals surface area (Å²) in [4.78, 5) is 43.9. The van der Waals surface area contributed by atoms with E-state index in [9.17, 15) is 35.2 Å². The largest absolute Gasteiger partial charge is 0.459 e. The first-order chi connectivity index (χ1) is 32.4. The smallest absolute Gasteiger partial charge is 0.269 e. The molecule has 6 atom stereocenters. The van der Waals surface area contributed by atoms with E-state index in [1.54, 1.807) is 48.4 Å². The van der Waals surface area contributed by atoms with Gasteiger partial charge in [0.15, 0.2) is 0 Å². The fourth-order valence-electron chi connectivity index (χ4n) is 9.75. The second kappa shape index (κ2) is 21.7. The normalized spacial score (nSPS) is 22.3. The number of aliphatic hydroxyl groups is 2. The minimum Gasteiger partial charge on any atom is -0.459 e. The average molecular weight is 915 g/mol. The molecule has 1 aliphatic heterocycles. The molecule has 0 saturated heterocycles. The second-order valence-electron chi connectivity index (χ2n) is 17.4. The Bertz CT molecular complexity index is 2520. The average Bonchev–Trinajstić information content (AvgIpc) is 3.32. The number of carbonyl (C=O) groups excluding carboxylic acids is 1. The van der Waals surface area contributed by atoms with Crippen LogP contribution in [0.4, 0.5) is 11.4 Å². The van der Waals surface area contributed by atoms with Gasteiger partial charge in [0.25, 0.3) is 11.4 Å². The van der Waals surface area contributed by atoms with Gasteiger partial charge in [0.2, 0.25) is 11.7 Å². The van der Waals surface area contributed by atoms with E-state index in [1.807, 2.05) is 50.2 Å². The molecule has 0 spiro atoms. The van der Waals surface area contributed by atoms with Crippen molar-refractivity contribution in [3.8, 4) is 17.2 Å². The van der Waals surface area contributed by atoms with E-state index in [-0.39, 0.29) is 67.9 Å². The van der Waals surface area contributed by atoms with E-state index in [4.69, 9.17) is 24.2 Å². The van der Waals surface area contributed by atoms with Gasteiger partial charge in [0.1, 0.15) is 29.9 Å². The minimum atomic E-state index is -1.50. The van der Waals surface area contributed by atoms with Gasteiger partial charge in [-0.15, -0.1) is 6.58 Å². The maximum absolute atomic E-state index is 14.5. The Kier molecular flexibility index (Phi) is 15.7. The van der Waals surface area contributed by atoms with Crippen molar-refractivity contribution in [2.75, 3.05) is 26.9 Å². The van der Waals surface area contributed by atoms with Gasteiger partial charge in [0, 0.05) is 68.5 Å². The molecule has 2 N–H and O–H groups in total. The highest BCUT2D eigenvalue weighted by Gasteiger charge is 2.65. The number of oxime groups is 1. The van der Waals surface area contributed by atoms with Gasteiger partial charge in [-0.1, -0.05) is 36.2 Å². The molecule has 1 fully saturated rings. The fraction of sp³-hybridized carbons (Fsp3) is 0.385. The van der Waals surface area contributed by atoms with Crippen molar-refractivity contribution < 1.29 is 43.9 Å². The summed E-state index contributed by atoms with van der Waals surface area (Å²) in [5.41, 5.74) is 5.70. The lowest BCUT2D eigenvalue weighted by Gasteiger charge is -2.59. The lowest BCUT2D eigenvalue weighted by molar-refractivity contribution is -0.385. The third-order valence-corrected chi connectivity index (χ3v) is 13.2. The molecule has 1 saturated carbocycles. The minimum absolute atomic E-state index is 0.00529. The number of carbonyl (C=O) groups is 1. The van der Waals surface area contributed by atoms with E-state index in [1.165, 1.54) is 30.3 Å². The highest BCUT2D eigenvalue weighted by atomic mass is 16.7. The number of unbranched alkanes of at least 4 members (excludes halogenated alkanes) is 2. The van der Waals surface area contributed by atoms with E-state index < -0.39 is 27.6 Å². The van der Waals surface area contributed by atoms with Crippen molar-refractivity contribution in [3.05, 3.63) is 163 Å². The van der Waals surface area contributed by atoms with Crippen molar-refractivity contribution in [1.82, 2.24) is 4.90 Å². The number of nitro groups is 2. The SMILES string of the molecule is C=CCOC12Oc3ccc(Oc4ccc(C)c(C)c4)cc3C3C(CCCCO)C(CCCCO)C=C(C(=NOCc4ccc([N+](=O)[O-])cc4)CC1N(C)C(=O)C=Cc1ccc([N+](=O)[O-])cc1)C32. The summed E-state index contributed by atoms with van der Waals surface area (Å²) in [6.07, 6.45) is 11.3. The fourth-order valence-corrected chi connectivity index (χ4v) is 9.75. The van der Waals surface area contributed by atoms with Crippen LogP contribution in [-0.2, 0) is 21.0 Å². The van der Waals surface area contributed by atoms with Crippen LogP contribution < -0.4 is 9.47 Å².